The number of fused-ring (bicyclic) bond motifs is 1. The van der Waals surface area contributed by atoms with Gasteiger partial charge in [-0.3, -0.25) is 14.8 Å². The highest BCUT2D eigenvalue weighted by atomic mass is 16.5. The second-order valence-corrected chi connectivity index (χ2v) is 5.57. The first-order valence-electron chi connectivity index (χ1n) is 8.18. The average Bonchev–Trinajstić information content (AvgIpc) is 2.95. The third-order valence-electron chi connectivity index (χ3n) is 3.88. The molecule has 0 unspecified atom stereocenters. The number of carbonyl (C=O) groups excluding carboxylic acids is 2. The van der Waals surface area contributed by atoms with Gasteiger partial charge in [-0.05, 0) is 36.4 Å². The third kappa shape index (κ3) is 5.61. The molecule has 0 saturated carbocycles. The highest BCUT2D eigenvalue weighted by molar-refractivity contribution is 5.93. The van der Waals surface area contributed by atoms with Crippen LogP contribution in [-0.4, -0.2) is 49.8 Å². The summed E-state index contributed by atoms with van der Waals surface area (Å²) >= 11 is 0. The summed E-state index contributed by atoms with van der Waals surface area (Å²) in [5.41, 5.74) is 2.71. The number of carbonyl (C=O) groups is 2. The lowest BCUT2D eigenvalue weighted by Crippen LogP contribution is -2.23. The van der Waals surface area contributed by atoms with Gasteiger partial charge < -0.3 is 19.1 Å². The molecule has 144 valence electrons. The van der Waals surface area contributed by atoms with Gasteiger partial charge in [0.2, 0.25) is 6.41 Å². The van der Waals surface area contributed by atoms with Crippen molar-refractivity contribution in [2.45, 2.75) is 6.54 Å². The first kappa shape index (κ1) is 20.1. The van der Waals surface area contributed by atoms with Crippen LogP contribution in [0.4, 0.5) is 0 Å². The Kier molecular flexibility index (Phi) is 7.45. The van der Waals surface area contributed by atoms with E-state index in [1.54, 1.807) is 42.8 Å². The van der Waals surface area contributed by atoms with Crippen molar-refractivity contribution in [2.75, 3.05) is 27.4 Å². The van der Waals surface area contributed by atoms with E-state index in [9.17, 15) is 9.59 Å². The molecule has 0 radical (unpaired) electrons. The third-order valence-corrected chi connectivity index (χ3v) is 3.88. The van der Waals surface area contributed by atoms with Crippen LogP contribution in [0.3, 0.4) is 0 Å². The van der Waals surface area contributed by atoms with Gasteiger partial charge in [-0.2, -0.15) is 0 Å². The Hall–Kier alpha value is -3.26. The molecule has 3 rings (SSSR count). The summed E-state index contributed by atoms with van der Waals surface area (Å²) in [5.74, 6) is 1.67. The highest BCUT2D eigenvalue weighted by Gasteiger charge is 2.15. The van der Waals surface area contributed by atoms with Gasteiger partial charge in [-0.1, -0.05) is 6.07 Å². The van der Waals surface area contributed by atoms with E-state index in [4.69, 9.17) is 19.4 Å². The molecule has 1 aliphatic heterocycles. The topological polar surface area (TPSA) is 97.3 Å². The van der Waals surface area contributed by atoms with Gasteiger partial charge in [0.15, 0.2) is 0 Å². The maximum absolute atomic E-state index is 11.2. The summed E-state index contributed by atoms with van der Waals surface area (Å²) in [6.07, 6.45) is 0.771. The van der Waals surface area contributed by atoms with Crippen LogP contribution in [0.2, 0.25) is 0 Å². The first-order valence-corrected chi connectivity index (χ1v) is 8.18. The van der Waals surface area contributed by atoms with Crippen LogP contribution in [-0.2, 0) is 11.3 Å². The van der Waals surface area contributed by atoms with E-state index in [-0.39, 0.29) is 0 Å². The zero-order chi connectivity index (χ0) is 19.6. The molecular formula is C19H22N2O6. The molecule has 27 heavy (non-hydrogen) atoms. The summed E-state index contributed by atoms with van der Waals surface area (Å²) in [6.45, 7) is 1.36. The standard InChI is InChI=1S/C11H12N2O4.C8H10O2/c14-7-13-3-4-17-10-5-8(11(15)12-16)1-2-9(10)6-13;1-9-7-3-5-8(10-2)6-4-7/h1-2,5,7,16H,3-4,6H2,(H,12,15);3-6H,1-2H3. The normalized spacial score (nSPS) is 12.3. The van der Waals surface area contributed by atoms with E-state index < -0.39 is 5.91 Å². The minimum Gasteiger partial charge on any atom is -0.497 e. The monoisotopic (exact) mass is 374 g/mol. The number of methoxy groups -OCH3 is 2. The number of hydrogen-bond donors (Lipinski definition) is 2. The lowest BCUT2D eigenvalue weighted by Gasteiger charge is -2.12. The Morgan fingerprint density at radius 1 is 1.15 bits per heavy atom. The summed E-state index contributed by atoms with van der Waals surface area (Å²) in [5, 5.41) is 8.53. The molecule has 1 heterocycles. The van der Waals surface area contributed by atoms with Gasteiger partial charge >= 0.3 is 0 Å². The fraction of sp³-hybridized carbons (Fsp3) is 0.263. The van der Waals surface area contributed by atoms with Gasteiger partial charge in [0, 0.05) is 17.7 Å². The first-order chi connectivity index (χ1) is 13.1. The zero-order valence-corrected chi connectivity index (χ0v) is 15.2. The van der Waals surface area contributed by atoms with Crippen molar-refractivity contribution in [3.63, 3.8) is 0 Å². The lowest BCUT2D eigenvalue weighted by molar-refractivity contribution is -0.118. The molecule has 0 atom stereocenters. The van der Waals surface area contributed by atoms with Gasteiger partial charge in [-0.15, -0.1) is 0 Å². The van der Waals surface area contributed by atoms with Crippen molar-refractivity contribution in [1.29, 1.82) is 0 Å². The number of amides is 2. The lowest BCUT2D eigenvalue weighted by atomic mass is 10.1. The Balaban J connectivity index is 0.000000223. The van der Waals surface area contributed by atoms with Gasteiger partial charge in [0.1, 0.15) is 23.9 Å². The molecule has 0 aromatic heterocycles. The Morgan fingerprint density at radius 3 is 2.30 bits per heavy atom. The molecule has 0 fully saturated rings. The van der Waals surface area contributed by atoms with Crippen molar-refractivity contribution in [1.82, 2.24) is 10.4 Å². The van der Waals surface area contributed by atoms with Crippen LogP contribution >= 0.6 is 0 Å². The Labute approximate surface area is 157 Å². The molecule has 0 spiro atoms. The summed E-state index contributed by atoms with van der Waals surface area (Å²) < 4.78 is 15.4. The number of nitrogens with one attached hydrogen (secondary N) is 1. The van der Waals surface area contributed by atoms with Crippen molar-refractivity contribution < 1.29 is 29.0 Å². The van der Waals surface area contributed by atoms with E-state index in [0.717, 1.165) is 23.5 Å². The second-order valence-electron chi connectivity index (χ2n) is 5.57. The number of hydroxylamine groups is 1. The van der Waals surface area contributed by atoms with Gasteiger partial charge in [0.05, 0.1) is 20.8 Å². The number of hydrogen-bond acceptors (Lipinski definition) is 6. The predicted octanol–water partition coefficient (Wildman–Crippen LogP) is 1.86. The van der Waals surface area contributed by atoms with Crippen molar-refractivity contribution in [2.24, 2.45) is 0 Å². The van der Waals surface area contributed by atoms with Crippen molar-refractivity contribution in [3.05, 3.63) is 53.6 Å². The smallest absolute Gasteiger partial charge is 0.274 e. The Morgan fingerprint density at radius 2 is 1.78 bits per heavy atom. The van der Waals surface area contributed by atoms with Crippen molar-refractivity contribution >= 4 is 12.3 Å². The summed E-state index contributed by atoms with van der Waals surface area (Å²) in [4.78, 5) is 23.5. The Bertz CT molecular complexity index is 740. The minimum absolute atomic E-state index is 0.311. The molecular weight excluding hydrogens is 352 g/mol. The van der Waals surface area contributed by atoms with E-state index in [1.165, 1.54) is 0 Å². The van der Waals surface area contributed by atoms with Crippen LogP contribution < -0.4 is 19.7 Å². The van der Waals surface area contributed by atoms with Crippen LogP contribution in [0.5, 0.6) is 17.2 Å². The van der Waals surface area contributed by atoms with E-state index in [1.807, 2.05) is 24.3 Å². The molecule has 0 saturated heterocycles. The fourth-order valence-corrected chi connectivity index (χ4v) is 2.40. The maximum Gasteiger partial charge on any atom is 0.274 e. The number of nitrogens with zero attached hydrogens (tertiary/aromatic N) is 1. The molecule has 8 heteroatoms. The number of rotatable bonds is 4. The maximum atomic E-state index is 11.2. The van der Waals surface area contributed by atoms with E-state index >= 15 is 0 Å². The quantitative estimate of drug-likeness (QED) is 0.482. The van der Waals surface area contributed by atoms with E-state index in [2.05, 4.69) is 0 Å². The molecule has 2 N–H and O–H groups in total. The fourth-order valence-electron chi connectivity index (χ4n) is 2.40. The SMILES string of the molecule is COc1ccc(OC)cc1.O=CN1CCOc2cc(C(=O)NO)ccc2C1. The van der Waals surface area contributed by atoms with Crippen LogP contribution in [0.15, 0.2) is 42.5 Å². The zero-order valence-electron chi connectivity index (χ0n) is 15.2. The second kappa shape index (κ2) is 10.0. The largest absolute Gasteiger partial charge is 0.497 e. The number of ether oxygens (including phenoxy) is 3. The average molecular weight is 374 g/mol. The minimum atomic E-state index is -0.590. The highest BCUT2D eigenvalue weighted by Crippen LogP contribution is 2.24. The molecule has 2 amide bonds. The van der Waals surface area contributed by atoms with E-state index in [0.29, 0.717) is 31.0 Å². The van der Waals surface area contributed by atoms with Crippen LogP contribution in [0, 0.1) is 0 Å². The van der Waals surface area contributed by atoms with Gasteiger partial charge in [-0.25, -0.2) is 5.48 Å². The molecule has 0 bridgehead atoms. The summed E-state index contributed by atoms with van der Waals surface area (Å²) in [6, 6.07) is 12.3. The molecule has 2 aromatic rings. The molecule has 0 aliphatic carbocycles. The summed E-state index contributed by atoms with van der Waals surface area (Å²) in [7, 11) is 3.28. The predicted molar refractivity (Wildman–Crippen MR) is 97.2 cm³/mol. The molecule has 8 nitrogen and oxygen atoms in total. The number of benzene rings is 2. The molecule has 1 aliphatic rings. The van der Waals surface area contributed by atoms with Crippen LogP contribution in [0.25, 0.3) is 0 Å². The van der Waals surface area contributed by atoms with Gasteiger partial charge in [0.25, 0.3) is 5.91 Å². The van der Waals surface area contributed by atoms with Crippen molar-refractivity contribution in [3.8, 4) is 17.2 Å². The molecule has 2 aromatic carbocycles. The van der Waals surface area contributed by atoms with Crippen LogP contribution in [0.1, 0.15) is 15.9 Å².